The molecular formula is C11H12N2O3S. The van der Waals surface area contributed by atoms with Crippen molar-refractivity contribution in [2.45, 2.75) is 6.04 Å². The molecule has 1 heterocycles. The second-order valence-electron chi connectivity index (χ2n) is 3.50. The number of rotatable bonds is 3. The SMILES string of the molecule is COc1ccc(C2NC(=S)NC2=O)c(OC)c1. The van der Waals surface area contributed by atoms with Crippen LogP contribution in [0.2, 0.25) is 0 Å². The Morgan fingerprint density at radius 3 is 2.59 bits per heavy atom. The largest absolute Gasteiger partial charge is 0.497 e. The summed E-state index contributed by atoms with van der Waals surface area (Å²) >= 11 is 4.89. The highest BCUT2D eigenvalue weighted by atomic mass is 32.1. The monoisotopic (exact) mass is 252 g/mol. The molecule has 0 bridgehead atoms. The minimum atomic E-state index is -0.511. The topological polar surface area (TPSA) is 59.6 Å². The summed E-state index contributed by atoms with van der Waals surface area (Å²) in [6.07, 6.45) is 0. The van der Waals surface area contributed by atoms with Gasteiger partial charge in [0.25, 0.3) is 5.91 Å². The van der Waals surface area contributed by atoms with Crippen LogP contribution in [0.1, 0.15) is 11.6 Å². The molecular weight excluding hydrogens is 240 g/mol. The zero-order valence-electron chi connectivity index (χ0n) is 9.44. The van der Waals surface area contributed by atoms with E-state index in [1.54, 1.807) is 32.4 Å². The number of thiocarbonyl (C=S) groups is 1. The normalized spacial score (nSPS) is 18.6. The van der Waals surface area contributed by atoms with Crippen molar-refractivity contribution in [1.82, 2.24) is 10.6 Å². The first-order chi connectivity index (χ1) is 8.15. The first-order valence-electron chi connectivity index (χ1n) is 4.99. The Labute approximate surface area is 104 Å². The summed E-state index contributed by atoms with van der Waals surface area (Å²) in [5.74, 6) is 1.08. The number of ether oxygens (including phenoxy) is 2. The van der Waals surface area contributed by atoms with Gasteiger partial charge in [0.15, 0.2) is 5.11 Å². The van der Waals surface area contributed by atoms with Crippen molar-refractivity contribution in [3.63, 3.8) is 0 Å². The summed E-state index contributed by atoms with van der Waals surface area (Å²) in [6.45, 7) is 0. The van der Waals surface area contributed by atoms with Gasteiger partial charge in [-0.2, -0.15) is 0 Å². The standard InChI is InChI=1S/C11H12N2O3S/c1-15-6-3-4-7(8(5-6)16-2)9-10(14)13-11(17)12-9/h3-5,9H,1-2H3,(H2,12,13,14,17). The Bertz CT molecular complexity index is 476. The van der Waals surface area contributed by atoms with Crippen LogP contribution in [0.3, 0.4) is 0 Å². The lowest BCUT2D eigenvalue weighted by Gasteiger charge is -2.14. The van der Waals surface area contributed by atoms with Crippen LogP contribution in [0.25, 0.3) is 0 Å². The predicted molar refractivity (Wildman–Crippen MR) is 66.2 cm³/mol. The third-order valence-electron chi connectivity index (χ3n) is 2.53. The molecule has 1 aromatic rings. The van der Waals surface area contributed by atoms with Gasteiger partial charge in [0.05, 0.1) is 14.2 Å². The molecule has 0 saturated carbocycles. The van der Waals surface area contributed by atoms with E-state index in [-0.39, 0.29) is 5.91 Å². The zero-order valence-corrected chi connectivity index (χ0v) is 10.3. The van der Waals surface area contributed by atoms with E-state index >= 15 is 0 Å². The summed E-state index contributed by atoms with van der Waals surface area (Å²) in [5.41, 5.74) is 0.727. The van der Waals surface area contributed by atoms with Gasteiger partial charge >= 0.3 is 0 Å². The summed E-state index contributed by atoms with van der Waals surface area (Å²) < 4.78 is 10.3. The van der Waals surface area contributed by atoms with Crippen molar-refractivity contribution in [3.05, 3.63) is 23.8 Å². The van der Waals surface area contributed by atoms with Crippen LogP contribution in [-0.2, 0) is 4.79 Å². The maximum atomic E-state index is 11.7. The highest BCUT2D eigenvalue weighted by molar-refractivity contribution is 7.80. The molecule has 2 N–H and O–H groups in total. The Balaban J connectivity index is 2.38. The van der Waals surface area contributed by atoms with Crippen molar-refractivity contribution in [3.8, 4) is 11.5 Å². The quantitative estimate of drug-likeness (QED) is 0.777. The minimum absolute atomic E-state index is 0.182. The Morgan fingerprint density at radius 2 is 2.06 bits per heavy atom. The van der Waals surface area contributed by atoms with E-state index in [4.69, 9.17) is 21.7 Å². The molecule has 1 aromatic carbocycles. The molecule has 0 aliphatic carbocycles. The second-order valence-corrected chi connectivity index (χ2v) is 3.91. The van der Waals surface area contributed by atoms with Gasteiger partial charge in [-0.05, 0) is 24.4 Å². The third-order valence-corrected chi connectivity index (χ3v) is 2.75. The van der Waals surface area contributed by atoms with E-state index in [1.807, 2.05) is 0 Å². The van der Waals surface area contributed by atoms with E-state index in [1.165, 1.54) is 0 Å². The molecule has 1 unspecified atom stereocenters. The van der Waals surface area contributed by atoms with Crippen LogP contribution < -0.4 is 20.1 Å². The predicted octanol–water partition coefficient (Wildman–Crippen LogP) is 0.749. The lowest BCUT2D eigenvalue weighted by atomic mass is 10.1. The maximum Gasteiger partial charge on any atom is 0.253 e. The van der Waals surface area contributed by atoms with E-state index < -0.39 is 6.04 Å². The lowest BCUT2D eigenvalue weighted by molar-refractivity contribution is -0.120. The molecule has 1 aliphatic heterocycles. The molecule has 1 atom stereocenters. The van der Waals surface area contributed by atoms with E-state index in [0.717, 1.165) is 5.56 Å². The number of hydrogen-bond acceptors (Lipinski definition) is 4. The Kier molecular flexibility index (Phi) is 3.14. The third kappa shape index (κ3) is 2.16. The maximum absolute atomic E-state index is 11.7. The van der Waals surface area contributed by atoms with Gasteiger partial charge in [-0.1, -0.05) is 0 Å². The molecule has 2 rings (SSSR count). The molecule has 1 fully saturated rings. The van der Waals surface area contributed by atoms with Crippen LogP contribution in [0.15, 0.2) is 18.2 Å². The van der Waals surface area contributed by atoms with Crippen LogP contribution >= 0.6 is 12.2 Å². The van der Waals surface area contributed by atoms with Gasteiger partial charge in [-0.25, -0.2) is 0 Å². The van der Waals surface area contributed by atoms with E-state index in [2.05, 4.69) is 10.6 Å². The van der Waals surface area contributed by atoms with Crippen molar-refractivity contribution in [2.24, 2.45) is 0 Å². The molecule has 17 heavy (non-hydrogen) atoms. The van der Waals surface area contributed by atoms with Crippen molar-refractivity contribution in [1.29, 1.82) is 0 Å². The number of carbonyl (C=O) groups is 1. The fourth-order valence-corrected chi connectivity index (χ4v) is 1.91. The number of nitrogens with one attached hydrogen (secondary N) is 2. The summed E-state index contributed by atoms with van der Waals surface area (Å²) in [5, 5.41) is 5.75. The average Bonchev–Trinajstić information content (AvgIpc) is 2.67. The number of amides is 1. The summed E-state index contributed by atoms with van der Waals surface area (Å²) in [7, 11) is 3.12. The second kappa shape index (κ2) is 4.58. The van der Waals surface area contributed by atoms with Gasteiger partial charge < -0.3 is 20.1 Å². The molecule has 90 valence electrons. The molecule has 0 spiro atoms. The molecule has 0 radical (unpaired) electrons. The molecule has 1 amide bonds. The van der Waals surface area contributed by atoms with Gasteiger partial charge in [-0.15, -0.1) is 0 Å². The highest BCUT2D eigenvalue weighted by Gasteiger charge is 2.31. The fraction of sp³-hybridized carbons (Fsp3) is 0.273. The molecule has 6 heteroatoms. The van der Waals surface area contributed by atoms with Gasteiger partial charge in [0.2, 0.25) is 0 Å². The van der Waals surface area contributed by atoms with E-state index in [9.17, 15) is 4.79 Å². The highest BCUT2D eigenvalue weighted by Crippen LogP contribution is 2.30. The van der Waals surface area contributed by atoms with Crippen molar-refractivity contribution in [2.75, 3.05) is 14.2 Å². The Morgan fingerprint density at radius 1 is 1.29 bits per heavy atom. The van der Waals surface area contributed by atoms with Crippen LogP contribution in [0.5, 0.6) is 11.5 Å². The average molecular weight is 252 g/mol. The lowest BCUT2D eigenvalue weighted by Crippen LogP contribution is -2.21. The fourth-order valence-electron chi connectivity index (χ4n) is 1.69. The summed E-state index contributed by atoms with van der Waals surface area (Å²) in [6, 6.07) is 4.77. The van der Waals surface area contributed by atoms with Crippen molar-refractivity contribution >= 4 is 23.2 Å². The zero-order chi connectivity index (χ0) is 12.4. The van der Waals surface area contributed by atoms with Crippen LogP contribution in [-0.4, -0.2) is 25.2 Å². The molecule has 1 aliphatic rings. The van der Waals surface area contributed by atoms with Gasteiger partial charge in [0.1, 0.15) is 17.5 Å². The minimum Gasteiger partial charge on any atom is -0.497 e. The number of benzene rings is 1. The van der Waals surface area contributed by atoms with Crippen molar-refractivity contribution < 1.29 is 14.3 Å². The summed E-state index contributed by atoms with van der Waals surface area (Å²) in [4.78, 5) is 11.7. The smallest absolute Gasteiger partial charge is 0.253 e. The number of hydrogen-bond donors (Lipinski definition) is 2. The Hall–Kier alpha value is -1.82. The molecule has 5 nitrogen and oxygen atoms in total. The van der Waals surface area contributed by atoms with Crippen LogP contribution in [0, 0.1) is 0 Å². The first-order valence-corrected chi connectivity index (χ1v) is 5.40. The van der Waals surface area contributed by atoms with Gasteiger partial charge in [-0.3, -0.25) is 4.79 Å². The van der Waals surface area contributed by atoms with Crippen LogP contribution in [0.4, 0.5) is 0 Å². The van der Waals surface area contributed by atoms with E-state index in [0.29, 0.717) is 16.6 Å². The number of carbonyl (C=O) groups excluding carboxylic acids is 1. The molecule has 0 aromatic heterocycles. The number of methoxy groups -OCH3 is 2. The molecule has 1 saturated heterocycles. The van der Waals surface area contributed by atoms with Gasteiger partial charge in [0, 0.05) is 11.6 Å². The first kappa shape index (κ1) is 11.7.